The first-order valence-corrected chi connectivity index (χ1v) is 9.54. The number of likely N-dealkylation sites (N-methyl/N-ethyl adjacent to an activating group) is 1. The maximum Gasteiger partial charge on any atom is 0.263 e. The Morgan fingerprint density at radius 1 is 1.15 bits per heavy atom. The van der Waals surface area contributed by atoms with Crippen molar-refractivity contribution in [3.05, 3.63) is 59.7 Å². The average molecular weight is 372 g/mol. The molecule has 136 valence electrons. The van der Waals surface area contributed by atoms with Crippen LogP contribution in [0, 0.1) is 0 Å². The van der Waals surface area contributed by atoms with E-state index in [9.17, 15) is 13.2 Å². The molecule has 1 aliphatic heterocycles. The standard InChI is InChI=1S/C18H20N4O3S/c1-22(2)12-17(23)20-14-7-5-6-13(10-14)11-19-18-15-8-3-4-9-16(15)26(24,25)21-18/h3-10H,11-12H2,1-2H3,(H,19,21)(H,20,23). The summed E-state index contributed by atoms with van der Waals surface area (Å²) in [5, 5.41) is 2.83. The molecule has 1 amide bonds. The molecular weight excluding hydrogens is 352 g/mol. The minimum absolute atomic E-state index is 0.101. The highest BCUT2D eigenvalue weighted by atomic mass is 32.2. The second-order valence-electron chi connectivity index (χ2n) is 6.25. The summed E-state index contributed by atoms with van der Waals surface area (Å²) in [5.41, 5.74) is 2.12. The number of amidine groups is 1. The van der Waals surface area contributed by atoms with Crippen molar-refractivity contribution in [2.24, 2.45) is 4.99 Å². The van der Waals surface area contributed by atoms with Crippen LogP contribution < -0.4 is 10.0 Å². The van der Waals surface area contributed by atoms with E-state index in [-0.39, 0.29) is 10.8 Å². The van der Waals surface area contributed by atoms with Gasteiger partial charge >= 0.3 is 0 Å². The minimum atomic E-state index is -3.54. The smallest absolute Gasteiger partial charge is 0.263 e. The molecule has 7 nitrogen and oxygen atoms in total. The van der Waals surface area contributed by atoms with E-state index >= 15 is 0 Å². The topological polar surface area (TPSA) is 90.9 Å². The number of fused-ring (bicyclic) bond motifs is 1. The zero-order valence-corrected chi connectivity index (χ0v) is 15.4. The molecule has 2 N–H and O–H groups in total. The van der Waals surface area contributed by atoms with Crippen molar-refractivity contribution in [2.45, 2.75) is 11.4 Å². The number of anilines is 1. The fourth-order valence-electron chi connectivity index (χ4n) is 2.66. The Hall–Kier alpha value is -2.71. The van der Waals surface area contributed by atoms with Gasteiger partial charge in [0.15, 0.2) is 0 Å². The number of benzene rings is 2. The summed E-state index contributed by atoms with van der Waals surface area (Å²) in [6.45, 7) is 0.592. The molecule has 0 spiro atoms. The van der Waals surface area contributed by atoms with E-state index < -0.39 is 10.0 Å². The van der Waals surface area contributed by atoms with Gasteiger partial charge in [0.1, 0.15) is 5.84 Å². The van der Waals surface area contributed by atoms with E-state index in [1.807, 2.05) is 32.3 Å². The molecule has 0 atom stereocenters. The fraction of sp³-hybridized carbons (Fsp3) is 0.222. The van der Waals surface area contributed by atoms with E-state index in [1.54, 1.807) is 35.2 Å². The molecule has 0 unspecified atom stereocenters. The van der Waals surface area contributed by atoms with Crippen LogP contribution in [-0.2, 0) is 21.4 Å². The zero-order valence-electron chi connectivity index (χ0n) is 14.6. The molecule has 3 rings (SSSR count). The summed E-state index contributed by atoms with van der Waals surface area (Å²) >= 11 is 0. The molecular formula is C18H20N4O3S. The highest BCUT2D eigenvalue weighted by Crippen LogP contribution is 2.22. The van der Waals surface area contributed by atoms with Gasteiger partial charge in [-0.05, 0) is 43.9 Å². The molecule has 2 aromatic rings. The van der Waals surface area contributed by atoms with E-state index in [1.165, 1.54) is 0 Å². The van der Waals surface area contributed by atoms with Crippen LogP contribution in [0.25, 0.3) is 0 Å². The van der Waals surface area contributed by atoms with Gasteiger partial charge in [-0.1, -0.05) is 24.3 Å². The third-order valence-corrected chi connectivity index (χ3v) is 5.15. The van der Waals surface area contributed by atoms with Gasteiger partial charge in [0.05, 0.1) is 18.0 Å². The quantitative estimate of drug-likeness (QED) is 0.831. The lowest BCUT2D eigenvalue weighted by atomic mass is 10.2. The molecule has 1 heterocycles. The zero-order chi connectivity index (χ0) is 18.7. The van der Waals surface area contributed by atoms with Gasteiger partial charge in [0.25, 0.3) is 10.0 Å². The summed E-state index contributed by atoms with van der Waals surface area (Å²) in [4.78, 5) is 18.3. The Morgan fingerprint density at radius 3 is 2.69 bits per heavy atom. The molecule has 0 saturated heterocycles. The maximum absolute atomic E-state index is 12.1. The van der Waals surface area contributed by atoms with Crippen LogP contribution >= 0.6 is 0 Å². The number of hydrogen-bond donors (Lipinski definition) is 2. The average Bonchev–Trinajstić information content (AvgIpc) is 2.84. The molecule has 1 aliphatic rings. The van der Waals surface area contributed by atoms with Crippen molar-refractivity contribution in [1.82, 2.24) is 9.62 Å². The molecule has 0 aliphatic carbocycles. The summed E-state index contributed by atoms with van der Waals surface area (Å²) in [6, 6.07) is 14.1. The van der Waals surface area contributed by atoms with Crippen molar-refractivity contribution < 1.29 is 13.2 Å². The number of nitrogens with zero attached hydrogens (tertiary/aromatic N) is 2. The third kappa shape index (κ3) is 4.09. The van der Waals surface area contributed by atoms with Crippen molar-refractivity contribution in [3.63, 3.8) is 0 Å². The Labute approximate surface area is 152 Å². The van der Waals surface area contributed by atoms with Crippen LogP contribution in [0.2, 0.25) is 0 Å². The molecule has 0 aromatic heterocycles. The normalized spacial score (nSPS) is 16.3. The number of amides is 1. The van der Waals surface area contributed by atoms with Crippen molar-refractivity contribution in [2.75, 3.05) is 26.0 Å². The lowest BCUT2D eigenvalue weighted by Crippen LogP contribution is -2.27. The molecule has 0 saturated carbocycles. The Morgan fingerprint density at radius 2 is 1.92 bits per heavy atom. The molecule has 0 fully saturated rings. The van der Waals surface area contributed by atoms with Gasteiger partial charge in [-0.25, -0.2) is 8.42 Å². The Bertz CT molecular complexity index is 968. The summed E-state index contributed by atoms with van der Waals surface area (Å²) in [7, 11) is 0.115. The van der Waals surface area contributed by atoms with Gasteiger partial charge in [-0.2, -0.15) is 0 Å². The number of sulfonamides is 1. The minimum Gasteiger partial charge on any atom is -0.325 e. The molecule has 26 heavy (non-hydrogen) atoms. The monoisotopic (exact) mass is 372 g/mol. The first-order chi connectivity index (χ1) is 12.3. The summed E-state index contributed by atoms with van der Waals surface area (Å²) < 4.78 is 26.7. The van der Waals surface area contributed by atoms with Crippen LogP contribution in [0.4, 0.5) is 5.69 Å². The Kier molecular flexibility index (Phi) is 5.06. The lowest BCUT2D eigenvalue weighted by molar-refractivity contribution is -0.116. The second kappa shape index (κ2) is 7.27. The van der Waals surface area contributed by atoms with E-state index in [2.05, 4.69) is 15.0 Å². The van der Waals surface area contributed by atoms with E-state index in [0.717, 1.165) is 5.56 Å². The molecule has 0 radical (unpaired) electrons. The Balaban J connectivity index is 1.76. The predicted molar refractivity (Wildman–Crippen MR) is 101 cm³/mol. The van der Waals surface area contributed by atoms with Gasteiger partial charge in [0.2, 0.25) is 5.91 Å². The predicted octanol–water partition coefficient (Wildman–Crippen LogP) is 1.43. The van der Waals surface area contributed by atoms with Crippen LogP contribution in [0.15, 0.2) is 58.4 Å². The maximum atomic E-state index is 12.1. The van der Waals surface area contributed by atoms with Gasteiger partial charge in [-0.15, -0.1) is 0 Å². The van der Waals surface area contributed by atoms with Gasteiger partial charge < -0.3 is 10.2 Å². The van der Waals surface area contributed by atoms with Crippen LogP contribution in [0.1, 0.15) is 11.1 Å². The highest BCUT2D eigenvalue weighted by Gasteiger charge is 2.29. The van der Waals surface area contributed by atoms with Gasteiger partial charge in [0, 0.05) is 11.3 Å². The van der Waals surface area contributed by atoms with E-state index in [0.29, 0.717) is 30.2 Å². The molecule has 2 aromatic carbocycles. The fourth-order valence-corrected chi connectivity index (χ4v) is 3.91. The molecule has 0 bridgehead atoms. The first-order valence-electron chi connectivity index (χ1n) is 8.05. The van der Waals surface area contributed by atoms with Crippen LogP contribution in [0.3, 0.4) is 0 Å². The number of hydrogen-bond acceptors (Lipinski definition) is 5. The van der Waals surface area contributed by atoms with E-state index in [4.69, 9.17) is 0 Å². The first kappa shape index (κ1) is 18.1. The van der Waals surface area contributed by atoms with Crippen molar-refractivity contribution in [1.29, 1.82) is 0 Å². The van der Waals surface area contributed by atoms with Crippen molar-refractivity contribution >= 4 is 27.5 Å². The summed E-state index contributed by atoms with van der Waals surface area (Å²) in [5.74, 6) is 0.235. The van der Waals surface area contributed by atoms with Gasteiger partial charge in [-0.3, -0.25) is 14.5 Å². The highest BCUT2D eigenvalue weighted by molar-refractivity contribution is 7.90. The van der Waals surface area contributed by atoms with Crippen molar-refractivity contribution in [3.8, 4) is 0 Å². The number of carbonyl (C=O) groups excluding carboxylic acids is 1. The third-order valence-electron chi connectivity index (χ3n) is 3.75. The lowest BCUT2D eigenvalue weighted by Gasteiger charge is -2.10. The van der Waals surface area contributed by atoms with Crippen LogP contribution in [0.5, 0.6) is 0 Å². The van der Waals surface area contributed by atoms with Crippen LogP contribution in [-0.4, -0.2) is 45.7 Å². The summed E-state index contributed by atoms with van der Waals surface area (Å²) in [6.07, 6.45) is 0. The SMILES string of the molecule is CN(C)CC(=O)Nc1cccc(CN=C2NS(=O)(=O)c3ccccc32)c1. The number of nitrogens with one attached hydrogen (secondary N) is 2. The second-order valence-corrected chi connectivity index (χ2v) is 7.90. The largest absolute Gasteiger partial charge is 0.325 e. The number of carbonyl (C=O) groups is 1. The number of aliphatic imine (C=N–C) groups is 1. The molecule has 8 heteroatoms. The number of rotatable bonds is 5.